The van der Waals surface area contributed by atoms with Gasteiger partial charge in [-0.15, -0.1) is 0 Å². The lowest BCUT2D eigenvalue weighted by atomic mass is 10.1. The zero-order valence-electron chi connectivity index (χ0n) is 43.2. The van der Waals surface area contributed by atoms with Gasteiger partial charge in [-0.25, -0.2) is 0 Å². The molecule has 3 aliphatic heterocycles. The maximum Gasteiger partial charge on any atom is 0.261 e. The van der Waals surface area contributed by atoms with E-state index < -0.39 is 23.9 Å². The first-order chi connectivity index (χ1) is 35.1. The van der Waals surface area contributed by atoms with Crippen LogP contribution < -0.4 is 45.9 Å². The third-order valence-electron chi connectivity index (χ3n) is 13.1. The maximum absolute atomic E-state index is 14.1. The molecular formula is C55H70N8O8S2. The minimum absolute atomic E-state index is 0.0197. The number of anilines is 3. The van der Waals surface area contributed by atoms with E-state index in [4.69, 9.17) is 19.2 Å². The number of likely N-dealkylation sites (N-methyl/N-ethyl adjacent to an activating group) is 1. The minimum Gasteiger partial charge on any atom is -0.493 e. The molecule has 0 saturated heterocycles. The van der Waals surface area contributed by atoms with Gasteiger partial charge in [-0.1, -0.05) is 64.9 Å². The van der Waals surface area contributed by atoms with Gasteiger partial charge in [-0.2, -0.15) is 0 Å². The van der Waals surface area contributed by atoms with Crippen molar-refractivity contribution >= 4 is 80.1 Å². The van der Waals surface area contributed by atoms with Crippen LogP contribution in [0, 0.1) is 0 Å². The number of fused-ring (bicyclic) bond motifs is 5. The summed E-state index contributed by atoms with van der Waals surface area (Å²) in [4.78, 5) is 74.5. The summed E-state index contributed by atoms with van der Waals surface area (Å²) in [6.45, 7) is 13.4. The minimum atomic E-state index is -0.956. The Labute approximate surface area is 437 Å². The number of nitrogens with one attached hydrogen (secondary N) is 5. The summed E-state index contributed by atoms with van der Waals surface area (Å²) in [5, 5.41) is 14.6. The van der Waals surface area contributed by atoms with Crippen molar-refractivity contribution in [3.05, 3.63) is 107 Å². The monoisotopic (exact) mass is 1030 g/mol. The number of carbonyl (C=O) groups is 5. The van der Waals surface area contributed by atoms with Crippen molar-refractivity contribution in [3.8, 4) is 11.5 Å². The van der Waals surface area contributed by atoms with E-state index in [1.165, 1.54) is 12.7 Å². The lowest BCUT2D eigenvalue weighted by molar-refractivity contribution is -0.130. The fraction of sp³-hybridized carbons (Fsp3) is 0.455. The number of aliphatic imine (C=N–C) groups is 1. The Kier molecular flexibility index (Phi) is 18.9. The molecule has 0 radical (unpaired) electrons. The van der Waals surface area contributed by atoms with Crippen LogP contribution in [-0.2, 0) is 50.0 Å². The largest absolute Gasteiger partial charge is 0.493 e. The molecule has 3 heterocycles. The van der Waals surface area contributed by atoms with E-state index in [2.05, 4.69) is 70.5 Å². The number of methoxy groups -OCH3 is 1. The van der Waals surface area contributed by atoms with Crippen LogP contribution in [0.2, 0.25) is 0 Å². The van der Waals surface area contributed by atoms with E-state index in [-0.39, 0.29) is 60.4 Å². The molecule has 0 saturated carbocycles. The van der Waals surface area contributed by atoms with Crippen molar-refractivity contribution in [2.24, 2.45) is 4.99 Å². The van der Waals surface area contributed by atoms with Crippen molar-refractivity contribution in [2.45, 2.75) is 128 Å². The van der Waals surface area contributed by atoms with E-state index >= 15 is 0 Å². The van der Waals surface area contributed by atoms with Gasteiger partial charge in [0.2, 0.25) is 23.6 Å². The molecule has 5 atom stereocenters. The number of hydrogen-bond acceptors (Lipinski definition) is 13. The number of benzene rings is 4. The molecule has 0 bridgehead atoms. The molecule has 0 aliphatic carbocycles. The van der Waals surface area contributed by atoms with E-state index in [0.29, 0.717) is 53.3 Å². The molecule has 7 rings (SSSR count). The van der Waals surface area contributed by atoms with Crippen molar-refractivity contribution in [1.29, 1.82) is 0 Å². The molecular weight excluding hydrogens is 965 g/mol. The molecule has 390 valence electrons. The number of carbonyl (C=O) groups excluding carboxylic acids is 5. The predicted octanol–water partition coefficient (Wildman–Crippen LogP) is 7.88. The summed E-state index contributed by atoms with van der Waals surface area (Å²) in [5.74, 6) is 0.202. The van der Waals surface area contributed by atoms with Crippen molar-refractivity contribution in [1.82, 2.24) is 21.3 Å². The Morgan fingerprint density at radius 3 is 2.26 bits per heavy atom. The standard InChI is InChI=1S/C55H70N8O8S2/c1-9-57-30-42-26-39-15-10-12-17-46(39)62(42)36(4)70-32-37-23-38(33-71-49-29-45-44(28-48(49)69-8)54(68)63-43(31-58-45)27-40-16-11-13-18-47(40)63)25-41(24-37)61-53(67)35(3)60-52(66)34(2)59-51(65)20-21-55(5,6)73-72-22-14-19-50(64)56-7/h10-13,15-18,23-25,28-29,31,34-36,42-43,57H,9,14,19-22,26-27,30,32-33H2,1-8H3,(H,56,64)(H,59,65)(H,60,66)(H,61,67)/t34-,35-,36?,42-,43-/m0/s1. The average molecular weight is 1040 g/mol. The summed E-state index contributed by atoms with van der Waals surface area (Å²) in [6, 6.07) is 23.5. The van der Waals surface area contributed by atoms with Crippen LogP contribution >= 0.6 is 21.6 Å². The highest BCUT2D eigenvalue weighted by molar-refractivity contribution is 8.77. The number of amides is 5. The van der Waals surface area contributed by atoms with Gasteiger partial charge < -0.3 is 45.7 Å². The zero-order chi connectivity index (χ0) is 52.2. The first-order valence-electron chi connectivity index (χ1n) is 25.1. The normalized spacial score (nSPS) is 16.8. The highest BCUT2D eigenvalue weighted by Crippen LogP contribution is 2.42. The number of para-hydroxylation sites is 2. The maximum atomic E-state index is 14.1. The highest BCUT2D eigenvalue weighted by atomic mass is 33.1. The van der Waals surface area contributed by atoms with Crippen LogP contribution in [0.15, 0.2) is 83.9 Å². The second-order valence-corrected chi connectivity index (χ2v) is 22.4. The van der Waals surface area contributed by atoms with Crippen molar-refractivity contribution in [3.63, 3.8) is 0 Å². The second kappa shape index (κ2) is 25.2. The van der Waals surface area contributed by atoms with E-state index in [1.807, 2.05) is 55.6 Å². The molecule has 0 aromatic heterocycles. The summed E-state index contributed by atoms with van der Waals surface area (Å²) < 4.78 is 18.7. The summed E-state index contributed by atoms with van der Waals surface area (Å²) in [7, 11) is 6.51. The molecule has 0 fully saturated rings. The van der Waals surface area contributed by atoms with Crippen LogP contribution in [0.4, 0.5) is 22.7 Å². The molecule has 18 heteroatoms. The Balaban J connectivity index is 1.02. The first kappa shape index (κ1) is 54.7. The van der Waals surface area contributed by atoms with Gasteiger partial charge in [0.25, 0.3) is 5.91 Å². The average Bonchev–Trinajstić information content (AvgIpc) is 3.91. The van der Waals surface area contributed by atoms with Crippen LogP contribution in [0.1, 0.15) is 99.8 Å². The predicted molar refractivity (Wildman–Crippen MR) is 292 cm³/mol. The van der Waals surface area contributed by atoms with Gasteiger partial charge in [-0.05, 0) is 119 Å². The Morgan fingerprint density at radius 2 is 1.53 bits per heavy atom. The third-order valence-corrected chi connectivity index (χ3v) is 16.6. The molecule has 16 nitrogen and oxygen atoms in total. The van der Waals surface area contributed by atoms with Gasteiger partial charge in [0.1, 0.15) is 24.9 Å². The molecule has 5 amide bonds. The Morgan fingerprint density at radius 1 is 0.836 bits per heavy atom. The van der Waals surface area contributed by atoms with Gasteiger partial charge in [0.05, 0.1) is 31.0 Å². The van der Waals surface area contributed by atoms with E-state index in [9.17, 15) is 24.0 Å². The number of nitrogens with zero attached hydrogens (tertiary/aromatic N) is 3. The van der Waals surface area contributed by atoms with Gasteiger partial charge in [-0.3, -0.25) is 33.9 Å². The van der Waals surface area contributed by atoms with Crippen LogP contribution in [0.5, 0.6) is 11.5 Å². The molecule has 3 aliphatic rings. The summed E-state index contributed by atoms with van der Waals surface area (Å²) >= 11 is 0. The number of rotatable bonds is 25. The molecule has 1 unspecified atom stereocenters. The van der Waals surface area contributed by atoms with Crippen LogP contribution in [0.3, 0.4) is 0 Å². The van der Waals surface area contributed by atoms with Gasteiger partial charge in [0.15, 0.2) is 11.5 Å². The topological polar surface area (TPSA) is 192 Å². The SMILES string of the molecule is CCNC[C@@H]1Cc2ccccc2N1C(C)OCc1cc(COc2cc3c(cc2OC)C(=O)N2c4ccccc4C[C@H]2C=N3)cc(NC(=O)[C@H](C)NC(=O)[C@H](C)NC(=O)CCC(C)(C)SSCCCC(=O)NC)c1. The quantitative estimate of drug-likeness (QED) is 0.0319. The zero-order valence-corrected chi connectivity index (χ0v) is 44.8. The number of hydrogen-bond donors (Lipinski definition) is 5. The van der Waals surface area contributed by atoms with Gasteiger partial charge >= 0.3 is 0 Å². The molecule has 5 N–H and O–H groups in total. The van der Waals surface area contributed by atoms with Crippen LogP contribution in [0.25, 0.3) is 0 Å². The highest BCUT2D eigenvalue weighted by Gasteiger charge is 2.37. The number of ether oxygens (including phenoxy) is 3. The van der Waals surface area contributed by atoms with E-state index in [0.717, 1.165) is 54.2 Å². The third kappa shape index (κ3) is 14.2. The fourth-order valence-electron chi connectivity index (χ4n) is 9.21. The molecule has 4 aromatic rings. The lowest BCUT2D eigenvalue weighted by Gasteiger charge is -2.33. The molecule has 0 spiro atoms. The summed E-state index contributed by atoms with van der Waals surface area (Å²) in [5.41, 5.74) is 7.21. The molecule has 4 aromatic carbocycles. The Bertz CT molecular complexity index is 2670. The Hall–Kier alpha value is -6.08. The van der Waals surface area contributed by atoms with Crippen LogP contribution in [-0.4, -0.2) is 104 Å². The van der Waals surface area contributed by atoms with Crippen molar-refractivity contribution in [2.75, 3.05) is 48.1 Å². The van der Waals surface area contributed by atoms with E-state index in [1.54, 1.807) is 65.6 Å². The van der Waals surface area contributed by atoms with Crippen molar-refractivity contribution < 1.29 is 38.2 Å². The smallest absolute Gasteiger partial charge is 0.261 e. The fourth-order valence-corrected chi connectivity index (χ4v) is 11.9. The first-order valence-corrected chi connectivity index (χ1v) is 27.4. The second-order valence-electron chi connectivity index (χ2n) is 19.3. The van der Waals surface area contributed by atoms with Gasteiger partial charge in [0, 0.05) is 78.7 Å². The lowest BCUT2D eigenvalue weighted by Crippen LogP contribution is -2.50. The summed E-state index contributed by atoms with van der Waals surface area (Å²) in [6.07, 6.45) is 5.15. The molecule has 73 heavy (non-hydrogen) atoms.